The SMILES string of the molecule is C=C(C)C(C)(C(=O)O)C(=O)OCC. The number of esters is 1. The van der Waals surface area contributed by atoms with Crippen molar-refractivity contribution in [1.82, 2.24) is 0 Å². The summed E-state index contributed by atoms with van der Waals surface area (Å²) in [4.78, 5) is 22.1. The van der Waals surface area contributed by atoms with Gasteiger partial charge < -0.3 is 9.84 Å². The standard InChI is InChI=1S/C9H14O4/c1-5-13-8(12)9(4,6(2)3)7(10)11/h2,5H2,1,3-4H3,(H,10,11). The molecule has 0 aromatic carbocycles. The van der Waals surface area contributed by atoms with Gasteiger partial charge in [-0.05, 0) is 20.8 Å². The molecule has 0 aromatic heterocycles. The Morgan fingerprint density at radius 2 is 2.00 bits per heavy atom. The molecule has 0 radical (unpaired) electrons. The molecule has 0 heterocycles. The molecule has 4 heteroatoms. The van der Waals surface area contributed by atoms with Crippen molar-refractivity contribution in [3.8, 4) is 0 Å². The van der Waals surface area contributed by atoms with Gasteiger partial charge >= 0.3 is 11.9 Å². The van der Waals surface area contributed by atoms with E-state index in [0.717, 1.165) is 0 Å². The Labute approximate surface area is 77.2 Å². The topological polar surface area (TPSA) is 63.6 Å². The van der Waals surface area contributed by atoms with E-state index in [2.05, 4.69) is 11.3 Å². The average Bonchev–Trinajstić information content (AvgIpc) is 2.02. The minimum Gasteiger partial charge on any atom is -0.480 e. The Hall–Kier alpha value is -1.32. The lowest BCUT2D eigenvalue weighted by molar-refractivity contribution is -0.164. The van der Waals surface area contributed by atoms with Crippen LogP contribution in [-0.2, 0) is 14.3 Å². The number of carboxylic acid groups (broad SMARTS) is 1. The quantitative estimate of drug-likeness (QED) is 0.407. The van der Waals surface area contributed by atoms with Crippen molar-refractivity contribution in [3.05, 3.63) is 12.2 Å². The monoisotopic (exact) mass is 186 g/mol. The Balaban J connectivity index is 4.91. The first-order chi connectivity index (χ1) is 5.87. The normalized spacial score (nSPS) is 14.4. The minimum absolute atomic E-state index is 0.162. The third-order valence-corrected chi connectivity index (χ3v) is 1.96. The van der Waals surface area contributed by atoms with Crippen molar-refractivity contribution in [2.75, 3.05) is 6.61 Å². The Kier molecular flexibility index (Phi) is 3.66. The van der Waals surface area contributed by atoms with Crippen molar-refractivity contribution in [2.45, 2.75) is 20.8 Å². The average molecular weight is 186 g/mol. The molecule has 0 rings (SSSR count). The number of hydrogen-bond acceptors (Lipinski definition) is 3. The fourth-order valence-electron chi connectivity index (χ4n) is 0.720. The smallest absolute Gasteiger partial charge is 0.327 e. The molecule has 0 aliphatic heterocycles. The predicted molar refractivity (Wildman–Crippen MR) is 47.2 cm³/mol. The van der Waals surface area contributed by atoms with Gasteiger partial charge in [-0.3, -0.25) is 9.59 Å². The van der Waals surface area contributed by atoms with Crippen LogP contribution in [0.2, 0.25) is 0 Å². The van der Waals surface area contributed by atoms with Gasteiger partial charge in [0.2, 0.25) is 0 Å². The van der Waals surface area contributed by atoms with Crippen LogP contribution in [0.1, 0.15) is 20.8 Å². The highest BCUT2D eigenvalue weighted by Crippen LogP contribution is 2.27. The van der Waals surface area contributed by atoms with Crippen LogP contribution in [0.15, 0.2) is 12.2 Å². The molecule has 0 bridgehead atoms. The molecule has 1 atom stereocenters. The lowest BCUT2D eigenvalue weighted by Gasteiger charge is -2.22. The lowest BCUT2D eigenvalue weighted by Crippen LogP contribution is -2.38. The summed E-state index contributed by atoms with van der Waals surface area (Å²) in [7, 11) is 0. The van der Waals surface area contributed by atoms with Crippen LogP contribution in [0, 0.1) is 5.41 Å². The molecule has 0 amide bonds. The highest BCUT2D eigenvalue weighted by molar-refractivity contribution is 6.01. The molecule has 13 heavy (non-hydrogen) atoms. The van der Waals surface area contributed by atoms with Gasteiger partial charge in [-0.1, -0.05) is 12.2 Å². The van der Waals surface area contributed by atoms with Crippen LogP contribution in [0.25, 0.3) is 0 Å². The zero-order chi connectivity index (χ0) is 10.6. The van der Waals surface area contributed by atoms with Crippen molar-refractivity contribution in [1.29, 1.82) is 0 Å². The summed E-state index contributed by atoms with van der Waals surface area (Å²) in [5, 5.41) is 8.84. The fourth-order valence-corrected chi connectivity index (χ4v) is 0.720. The van der Waals surface area contributed by atoms with E-state index in [1.54, 1.807) is 6.92 Å². The third kappa shape index (κ3) is 2.08. The van der Waals surface area contributed by atoms with Crippen LogP contribution < -0.4 is 0 Å². The van der Waals surface area contributed by atoms with Crippen molar-refractivity contribution in [2.24, 2.45) is 5.41 Å². The summed E-state index contributed by atoms with van der Waals surface area (Å²) >= 11 is 0. The van der Waals surface area contributed by atoms with Crippen LogP contribution in [0.5, 0.6) is 0 Å². The summed E-state index contributed by atoms with van der Waals surface area (Å²) in [5.74, 6) is -2.01. The zero-order valence-electron chi connectivity index (χ0n) is 8.09. The predicted octanol–water partition coefficient (Wildman–Crippen LogP) is 1.22. The van der Waals surface area contributed by atoms with E-state index < -0.39 is 17.4 Å². The first kappa shape index (κ1) is 11.7. The van der Waals surface area contributed by atoms with E-state index in [1.807, 2.05) is 0 Å². The summed E-state index contributed by atoms with van der Waals surface area (Å²) in [5.41, 5.74) is -1.37. The first-order valence-electron chi connectivity index (χ1n) is 3.94. The van der Waals surface area contributed by atoms with Crippen LogP contribution >= 0.6 is 0 Å². The van der Waals surface area contributed by atoms with Gasteiger partial charge in [0.05, 0.1) is 6.61 Å². The van der Waals surface area contributed by atoms with Crippen LogP contribution in [-0.4, -0.2) is 23.7 Å². The summed E-state index contributed by atoms with van der Waals surface area (Å²) in [6.07, 6.45) is 0. The Morgan fingerprint density at radius 3 is 2.23 bits per heavy atom. The lowest BCUT2D eigenvalue weighted by atomic mass is 9.84. The summed E-state index contributed by atoms with van der Waals surface area (Å²) in [6.45, 7) is 8.03. The Morgan fingerprint density at radius 1 is 1.54 bits per heavy atom. The van der Waals surface area contributed by atoms with Gasteiger partial charge in [-0.15, -0.1) is 0 Å². The number of carbonyl (C=O) groups is 2. The maximum absolute atomic E-state index is 11.3. The first-order valence-corrected chi connectivity index (χ1v) is 3.94. The molecular formula is C9H14O4. The number of hydrogen-bond donors (Lipinski definition) is 1. The van der Waals surface area contributed by atoms with E-state index in [-0.39, 0.29) is 12.2 Å². The number of carbonyl (C=O) groups excluding carboxylic acids is 1. The minimum atomic E-state index is -1.63. The molecule has 4 nitrogen and oxygen atoms in total. The molecule has 0 aliphatic rings. The molecule has 0 aliphatic carbocycles. The van der Waals surface area contributed by atoms with Gasteiger partial charge in [-0.25, -0.2) is 0 Å². The molecule has 0 aromatic rings. The second kappa shape index (κ2) is 4.07. The van der Waals surface area contributed by atoms with Crippen molar-refractivity contribution >= 4 is 11.9 Å². The van der Waals surface area contributed by atoms with Crippen molar-refractivity contribution in [3.63, 3.8) is 0 Å². The summed E-state index contributed by atoms with van der Waals surface area (Å²) < 4.78 is 4.65. The van der Waals surface area contributed by atoms with Gasteiger partial charge in [0.1, 0.15) is 0 Å². The molecule has 0 saturated heterocycles. The third-order valence-electron chi connectivity index (χ3n) is 1.96. The zero-order valence-corrected chi connectivity index (χ0v) is 8.09. The van der Waals surface area contributed by atoms with Gasteiger partial charge in [0.25, 0.3) is 0 Å². The molecular weight excluding hydrogens is 172 g/mol. The van der Waals surface area contributed by atoms with Gasteiger partial charge in [0.15, 0.2) is 5.41 Å². The van der Waals surface area contributed by atoms with E-state index in [4.69, 9.17) is 5.11 Å². The molecule has 1 unspecified atom stereocenters. The van der Waals surface area contributed by atoms with Crippen LogP contribution in [0.3, 0.4) is 0 Å². The molecule has 0 spiro atoms. The maximum Gasteiger partial charge on any atom is 0.327 e. The number of aliphatic carboxylic acids is 1. The second-order valence-electron chi connectivity index (χ2n) is 2.93. The summed E-state index contributed by atoms with van der Waals surface area (Å²) in [6, 6.07) is 0. The molecule has 0 fully saturated rings. The van der Waals surface area contributed by atoms with E-state index in [1.165, 1.54) is 13.8 Å². The fraction of sp³-hybridized carbons (Fsp3) is 0.556. The van der Waals surface area contributed by atoms with Gasteiger partial charge in [-0.2, -0.15) is 0 Å². The number of ether oxygens (including phenoxy) is 1. The number of carboxylic acids is 1. The molecule has 0 saturated carbocycles. The second-order valence-corrected chi connectivity index (χ2v) is 2.93. The van der Waals surface area contributed by atoms with Crippen molar-refractivity contribution < 1.29 is 19.4 Å². The molecule has 74 valence electrons. The maximum atomic E-state index is 11.3. The number of rotatable bonds is 4. The van der Waals surface area contributed by atoms with E-state index in [9.17, 15) is 9.59 Å². The highest BCUT2D eigenvalue weighted by Gasteiger charge is 2.43. The largest absolute Gasteiger partial charge is 0.480 e. The van der Waals surface area contributed by atoms with Gasteiger partial charge in [0, 0.05) is 0 Å². The molecule has 1 N–H and O–H groups in total. The van der Waals surface area contributed by atoms with E-state index in [0.29, 0.717) is 0 Å². The van der Waals surface area contributed by atoms with Crippen LogP contribution in [0.4, 0.5) is 0 Å². The highest BCUT2D eigenvalue weighted by atomic mass is 16.5. The Bertz CT molecular complexity index is 228. The van der Waals surface area contributed by atoms with E-state index >= 15 is 0 Å².